The summed E-state index contributed by atoms with van der Waals surface area (Å²) in [5.41, 5.74) is 1.13. The summed E-state index contributed by atoms with van der Waals surface area (Å²) >= 11 is 0. The van der Waals surface area contributed by atoms with Crippen LogP contribution in [-0.2, 0) is 14.8 Å². The fraction of sp³-hybridized carbons (Fsp3) is 0.632. The normalized spacial score (nSPS) is 16.3. The van der Waals surface area contributed by atoms with Crippen LogP contribution in [0.25, 0.3) is 0 Å². The first kappa shape index (κ1) is 20.7. The Morgan fingerprint density at radius 3 is 2.35 bits per heavy atom. The Bertz CT molecular complexity index is 665. The second kappa shape index (κ2) is 9.92. The monoisotopic (exact) mass is 382 g/mol. The van der Waals surface area contributed by atoms with Gasteiger partial charge in [-0.05, 0) is 31.9 Å². The van der Waals surface area contributed by atoms with Crippen molar-refractivity contribution >= 4 is 15.9 Å². The van der Waals surface area contributed by atoms with Gasteiger partial charge in [0.1, 0.15) is 5.75 Å². The number of hydrogen-bond donors (Lipinski definition) is 1. The molecule has 0 aliphatic heterocycles. The van der Waals surface area contributed by atoms with Crippen LogP contribution in [0.1, 0.15) is 44.1 Å². The Kier molecular flexibility index (Phi) is 7.90. The lowest BCUT2D eigenvalue weighted by Crippen LogP contribution is -2.44. The third-order valence-electron chi connectivity index (χ3n) is 4.70. The van der Waals surface area contributed by atoms with Crippen molar-refractivity contribution in [3.8, 4) is 5.75 Å². The second-order valence-electron chi connectivity index (χ2n) is 6.97. The first-order valence-electron chi connectivity index (χ1n) is 9.29. The number of hydrogen-bond acceptors (Lipinski definition) is 4. The van der Waals surface area contributed by atoms with E-state index >= 15 is 0 Å². The van der Waals surface area contributed by atoms with Crippen LogP contribution in [0.5, 0.6) is 5.75 Å². The van der Waals surface area contributed by atoms with Crippen LogP contribution in [-0.4, -0.2) is 50.6 Å². The molecule has 0 radical (unpaired) electrons. The Labute approximate surface area is 157 Å². The maximum Gasteiger partial charge on any atom is 0.257 e. The molecule has 1 aliphatic rings. The van der Waals surface area contributed by atoms with E-state index in [4.69, 9.17) is 4.74 Å². The molecule has 0 heterocycles. The van der Waals surface area contributed by atoms with E-state index in [9.17, 15) is 13.2 Å². The minimum absolute atomic E-state index is 0.0493. The van der Waals surface area contributed by atoms with Gasteiger partial charge in [-0.3, -0.25) is 4.79 Å². The molecule has 2 rings (SSSR count). The van der Waals surface area contributed by atoms with Crippen LogP contribution in [0.4, 0.5) is 0 Å². The number of carbonyl (C=O) groups is 1. The summed E-state index contributed by atoms with van der Waals surface area (Å²) < 4.78 is 31.3. The maximum atomic E-state index is 12.1. The van der Waals surface area contributed by atoms with Gasteiger partial charge in [0.2, 0.25) is 10.0 Å². The molecule has 1 aromatic rings. The van der Waals surface area contributed by atoms with E-state index in [1.54, 1.807) is 4.31 Å². The molecule has 1 N–H and O–H groups in total. The van der Waals surface area contributed by atoms with E-state index in [2.05, 4.69) is 5.32 Å². The lowest BCUT2D eigenvalue weighted by molar-refractivity contribution is -0.123. The summed E-state index contributed by atoms with van der Waals surface area (Å²) in [6, 6.07) is 7.53. The Morgan fingerprint density at radius 1 is 1.15 bits per heavy atom. The molecule has 1 aliphatic carbocycles. The van der Waals surface area contributed by atoms with Gasteiger partial charge < -0.3 is 10.1 Å². The predicted molar refractivity (Wildman–Crippen MR) is 103 cm³/mol. The molecule has 1 fully saturated rings. The smallest absolute Gasteiger partial charge is 0.257 e. The minimum atomic E-state index is -3.29. The zero-order chi connectivity index (χ0) is 19.0. The number of amides is 1. The standard InChI is InChI=1S/C19H30N2O4S/c1-16-9-11-18(12-10-16)25-15-19(22)20-13-14-21(26(2,23)24)17-7-5-3-4-6-8-17/h9-12,17H,3-8,13-15H2,1-2H3,(H,20,22). The average molecular weight is 383 g/mol. The number of sulfonamides is 1. The summed E-state index contributed by atoms with van der Waals surface area (Å²) in [5, 5.41) is 2.75. The summed E-state index contributed by atoms with van der Waals surface area (Å²) in [5.74, 6) is 0.391. The van der Waals surface area contributed by atoms with Crippen molar-refractivity contribution in [1.29, 1.82) is 0 Å². The molecule has 1 amide bonds. The van der Waals surface area contributed by atoms with Crippen LogP contribution in [0.2, 0.25) is 0 Å². The maximum absolute atomic E-state index is 12.1. The molecule has 7 heteroatoms. The van der Waals surface area contributed by atoms with Gasteiger partial charge in [-0.2, -0.15) is 4.31 Å². The third kappa shape index (κ3) is 6.96. The number of rotatable bonds is 8. The van der Waals surface area contributed by atoms with Gasteiger partial charge in [-0.15, -0.1) is 0 Å². The molecule has 0 bridgehead atoms. The Hall–Kier alpha value is -1.60. The highest BCUT2D eigenvalue weighted by molar-refractivity contribution is 7.88. The molecular weight excluding hydrogens is 352 g/mol. The van der Waals surface area contributed by atoms with E-state index in [1.165, 1.54) is 19.1 Å². The van der Waals surface area contributed by atoms with Crippen molar-refractivity contribution in [2.24, 2.45) is 0 Å². The zero-order valence-corrected chi connectivity index (χ0v) is 16.6. The molecule has 1 saturated carbocycles. The number of nitrogens with one attached hydrogen (secondary N) is 1. The highest BCUT2D eigenvalue weighted by Gasteiger charge is 2.26. The van der Waals surface area contributed by atoms with E-state index in [-0.39, 0.29) is 18.6 Å². The lowest BCUT2D eigenvalue weighted by Gasteiger charge is -2.29. The van der Waals surface area contributed by atoms with Crippen LogP contribution < -0.4 is 10.1 Å². The molecule has 0 spiro atoms. The highest BCUT2D eigenvalue weighted by Crippen LogP contribution is 2.23. The molecule has 1 aromatic carbocycles. The topological polar surface area (TPSA) is 75.7 Å². The van der Waals surface area contributed by atoms with Crippen molar-refractivity contribution in [2.75, 3.05) is 26.0 Å². The fourth-order valence-electron chi connectivity index (χ4n) is 3.30. The molecule has 146 valence electrons. The van der Waals surface area contributed by atoms with Crippen molar-refractivity contribution in [3.63, 3.8) is 0 Å². The molecular formula is C19H30N2O4S. The first-order valence-corrected chi connectivity index (χ1v) is 11.1. The van der Waals surface area contributed by atoms with E-state index in [0.29, 0.717) is 18.8 Å². The van der Waals surface area contributed by atoms with Gasteiger partial charge in [-0.25, -0.2) is 8.42 Å². The molecule has 26 heavy (non-hydrogen) atoms. The Morgan fingerprint density at radius 2 is 1.77 bits per heavy atom. The number of nitrogens with zero attached hydrogens (tertiary/aromatic N) is 1. The van der Waals surface area contributed by atoms with Gasteiger partial charge >= 0.3 is 0 Å². The summed E-state index contributed by atoms with van der Waals surface area (Å²) in [6.45, 7) is 2.50. The van der Waals surface area contributed by atoms with E-state index < -0.39 is 10.0 Å². The minimum Gasteiger partial charge on any atom is -0.484 e. The number of benzene rings is 1. The molecule has 0 atom stereocenters. The molecule has 0 aromatic heterocycles. The van der Waals surface area contributed by atoms with Crippen LogP contribution in [0, 0.1) is 6.92 Å². The van der Waals surface area contributed by atoms with E-state index in [0.717, 1.165) is 31.2 Å². The molecule has 0 saturated heterocycles. The summed E-state index contributed by atoms with van der Waals surface area (Å²) in [7, 11) is -3.29. The highest BCUT2D eigenvalue weighted by atomic mass is 32.2. The summed E-state index contributed by atoms with van der Waals surface area (Å²) in [4.78, 5) is 11.9. The number of aryl methyl sites for hydroxylation is 1. The first-order chi connectivity index (χ1) is 12.4. The fourth-order valence-corrected chi connectivity index (χ4v) is 4.48. The molecule has 0 unspecified atom stereocenters. The van der Waals surface area contributed by atoms with Crippen LogP contribution >= 0.6 is 0 Å². The van der Waals surface area contributed by atoms with Gasteiger partial charge in [0.05, 0.1) is 6.26 Å². The SMILES string of the molecule is Cc1ccc(OCC(=O)NCCN(C2CCCCCC2)S(C)(=O)=O)cc1. The largest absolute Gasteiger partial charge is 0.484 e. The zero-order valence-electron chi connectivity index (χ0n) is 15.7. The van der Waals surface area contributed by atoms with Gasteiger partial charge in [0.25, 0.3) is 5.91 Å². The second-order valence-corrected chi connectivity index (χ2v) is 8.91. The number of carbonyl (C=O) groups excluding carboxylic acids is 1. The quantitative estimate of drug-likeness (QED) is 0.701. The van der Waals surface area contributed by atoms with Crippen molar-refractivity contribution in [1.82, 2.24) is 9.62 Å². The van der Waals surface area contributed by atoms with Crippen LogP contribution in [0.15, 0.2) is 24.3 Å². The van der Waals surface area contributed by atoms with Crippen molar-refractivity contribution < 1.29 is 17.9 Å². The van der Waals surface area contributed by atoms with Gasteiger partial charge in [0.15, 0.2) is 6.61 Å². The summed E-state index contributed by atoms with van der Waals surface area (Å²) in [6.07, 6.45) is 7.51. The average Bonchev–Trinajstić information content (AvgIpc) is 2.86. The Balaban J connectivity index is 1.78. The van der Waals surface area contributed by atoms with Gasteiger partial charge in [-0.1, -0.05) is 43.4 Å². The van der Waals surface area contributed by atoms with Gasteiger partial charge in [0, 0.05) is 19.1 Å². The predicted octanol–water partition coefficient (Wildman–Crippen LogP) is 2.47. The third-order valence-corrected chi connectivity index (χ3v) is 6.04. The van der Waals surface area contributed by atoms with Crippen LogP contribution in [0.3, 0.4) is 0 Å². The van der Waals surface area contributed by atoms with Crippen molar-refractivity contribution in [2.45, 2.75) is 51.5 Å². The van der Waals surface area contributed by atoms with E-state index in [1.807, 2.05) is 31.2 Å². The van der Waals surface area contributed by atoms with Crippen molar-refractivity contribution in [3.05, 3.63) is 29.8 Å². The number of ether oxygens (including phenoxy) is 1. The lowest BCUT2D eigenvalue weighted by atomic mass is 10.1. The molecule has 6 nitrogen and oxygen atoms in total.